The van der Waals surface area contributed by atoms with Gasteiger partial charge in [0.2, 0.25) is 0 Å². The van der Waals surface area contributed by atoms with Gasteiger partial charge >= 0.3 is 6.03 Å². The van der Waals surface area contributed by atoms with Crippen molar-refractivity contribution in [2.45, 2.75) is 19.8 Å². The highest BCUT2D eigenvalue weighted by atomic mass is 16.2. The summed E-state index contributed by atoms with van der Waals surface area (Å²) < 4.78 is 0. The predicted molar refractivity (Wildman–Crippen MR) is 94.7 cm³/mol. The summed E-state index contributed by atoms with van der Waals surface area (Å²) >= 11 is 0. The maximum atomic E-state index is 11.9. The number of carbonyl (C=O) groups excluding carboxylic acids is 2. The van der Waals surface area contributed by atoms with Crippen molar-refractivity contribution >= 4 is 17.6 Å². The van der Waals surface area contributed by atoms with Crippen LogP contribution in [0.25, 0.3) is 0 Å². The lowest BCUT2D eigenvalue weighted by molar-refractivity contribution is 0.0953. The Labute approximate surface area is 141 Å². The van der Waals surface area contributed by atoms with E-state index in [2.05, 4.69) is 16.1 Å². The summed E-state index contributed by atoms with van der Waals surface area (Å²) in [5.74, 6) is 4.80. The lowest BCUT2D eigenvalue weighted by Crippen LogP contribution is -2.29. The van der Waals surface area contributed by atoms with Gasteiger partial charge in [-0.1, -0.05) is 37.3 Å². The van der Waals surface area contributed by atoms with Crippen LogP contribution in [0.15, 0.2) is 48.5 Å². The minimum Gasteiger partial charge on any atom is -0.338 e. The number of hydrogen-bond acceptors (Lipinski definition) is 3. The number of anilines is 1. The Morgan fingerprint density at radius 1 is 1.04 bits per heavy atom. The number of rotatable bonds is 6. The van der Waals surface area contributed by atoms with Gasteiger partial charge in [0.25, 0.3) is 5.91 Å². The summed E-state index contributed by atoms with van der Waals surface area (Å²) in [6.07, 6.45) is 1.53. The molecule has 3 amide bonds. The number of nitrogens with two attached hydrogens (primary N) is 1. The normalized spacial score (nSPS) is 10.1. The molecular weight excluding hydrogens is 304 g/mol. The minimum absolute atomic E-state index is 0.209. The molecule has 0 aromatic heterocycles. The molecular formula is C18H22N4O2. The van der Waals surface area contributed by atoms with E-state index in [0.29, 0.717) is 18.5 Å². The van der Waals surface area contributed by atoms with Crippen LogP contribution in [0.2, 0.25) is 0 Å². The molecule has 2 aromatic carbocycles. The molecule has 6 heteroatoms. The van der Waals surface area contributed by atoms with E-state index in [0.717, 1.165) is 23.2 Å². The zero-order chi connectivity index (χ0) is 17.4. The summed E-state index contributed by atoms with van der Waals surface area (Å²) in [6, 6.07) is 14.6. The fraction of sp³-hybridized carbons (Fsp3) is 0.222. The second kappa shape index (κ2) is 8.69. The zero-order valence-corrected chi connectivity index (χ0v) is 13.6. The highest BCUT2D eigenvalue weighted by Gasteiger charge is 2.08. The van der Waals surface area contributed by atoms with Crippen LogP contribution in [0.4, 0.5) is 10.5 Å². The lowest BCUT2D eigenvalue weighted by atomic mass is 10.0. The van der Waals surface area contributed by atoms with Crippen LogP contribution in [-0.2, 0) is 6.42 Å². The van der Waals surface area contributed by atoms with Gasteiger partial charge in [-0.15, -0.1) is 0 Å². The SMILES string of the molecule is CCCNC(=O)Nc1ccccc1Cc1ccc(C(=O)NN)cc1. The Bertz CT molecular complexity index is 698. The molecule has 0 aliphatic rings. The lowest BCUT2D eigenvalue weighted by Gasteiger charge is -2.12. The second-order valence-electron chi connectivity index (χ2n) is 5.39. The van der Waals surface area contributed by atoms with Gasteiger partial charge in [0, 0.05) is 17.8 Å². The molecule has 0 spiro atoms. The molecule has 0 aliphatic carbocycles. The third-order valence-electron chi connectivity index (χ3n) is 3.54. The summed E-state index contributed by atoms with van der Waals surface area (Å²) in [5.41, 5.74) is 5.42. The molecule has 6 nitrogen and oxygen atoms in total. The van der Waals surface area contributed by atoms with Crippen LogP contribution >= 0.6 is 0 Å². The van der Waals surface area contributed by atoms with Gasteiger partial charge in [-0.05, 0) is 42.2 Å². The minimum atomic E-state index is -0.323. The van der Waals surface area contributed by atoms with Gasteiger partial charge in [-0.2, -0.15) is 0 Å². The molecule has 0 atom stereocenters. The van der Waals surface area contributed by atoms with E-state index < -0.39 is 0 Å². The first-order chi connectivity index (χ1) is 11.6. The smallest absolute Gasteiger partial charge is 0.319 e. The van der Waals surface area contributed by atoms with E-state index in [4.69, 9.17) is 5.84 Å². The number of nitrogen functional groups attached to an aromatic ring is 1. The molecule has 0 heterocycles. The Kier molecular flexibility index (Phi) is 6.33. The Hall–Kier alpha value is -2.86. The maximum absolute atomic E-state index is 11.9. The molecule has 0 radical (unpaired) electrons. The average Bonchev–Trinajstić information content (AvgIpc) is 2.61. The topological polar surface area (TPSA) is 96.2 Å². The van der Waals surface area contributed by atoms with E-state index in [9.17, 15) is 9.59 Å². The first-order valence-corrected chi connectivity index (χ1v) is 7.86. The number of urea groups is 1. The third kappa shape index (κ3) is 4.82. The number of nitrogens with one attached hydrogen (secondary N) is 3. The molecule has 0 aliphatic heterocycles. The Morgan fingerprint density at radius 2 is 1.75 bits per heavy atom. The monoisotopic (exact) mass is 326 g/mol. The summed E-state index contributed by atoms with van der Waals surface area (Å²) in [4.78, 5) is 23.3. The molecule has 2 rings (SSSR count). The van der Waals surface area contributed by atoms with E-state index in [1.807, 2.05) is 43.3 Å². The Morgan fingerprint density at radius 3 is 2.42 bits per heavy atom. The predicted octanol–water partition coefficient (Wildman–Crippen LogP) is 2.41. The molecule has 0 saturated heterocycles. The molecule has 5 N–H and O–H groups in total. The molecule has 126 valence electrons. The first kappa shape index (κ1) is 17.5. The van der Waals surface area contributed by atoms with Crippen molar-refractivity contribution in [2.75, 3.05) is 11.9 Å². The van der Waals surface area contributed by atoms with Crippen molar-refractivity contribution in [3.05, 3.63) is 65.2 Å². The number of amides is 3. The van der Waals surface area contributed by atoms with Crippen LogP contribution in [-0.4, -0.2) is 18.5 Å². The standard InChI is InChI=1S/C18H22N4O2/c1-2-11-20-18(24)21-16-6-4-3-5-15(16)12-13-7-9-14(10-8-13)17(23)22-19/h3-10H,2,11-12,19H2,1H3,(H,22,23)(H2,20,21,24). The fourth-order valence-corrected chi connectivity index (χ4v) is 2.28. The van der Waals surface area contributed by atoms with Gasteiger partial charge < -0.3 is 10.6 Å². The number of hydrogen-bond donors (Lipinski definition) is 4. The van der Waals surface area contributed by atoms with Crippen LogP contribution in [0.1, 0.15) is 34.8 Å². The Balaban J connectivity index is 2.09. The maximum Gasteiger partial charge on any atom is 0.319 e. The molecule has 0 saturated carbocycles. The van der Waals surface area contributed by atoms with Gasteiger partial charge in [0.15, 0.2) is 0 Å². The van der Waals surface area contributed by atoms with Crippen molar-refractivity contribution in [3.8, 4) is 0 Å². The molecule has 0 bridgehead atoms. The molecule has 24 heavy (non-hydrogen) atoms. The number of carbonyl (C=O) groups is 2. The first-order valence-electron chi connectivity index (χ1n) is 7.86. The average molecular weight is 326 g/mol. The van der Waals surface area contributed by atoms with Crippen LogP contribution < -0.4 is 21.9 Å². The highest BCUT2D eigenvalue weighted by molar-refractivity contribution is 5.93. The number of para-hydroxylation sites is 1. The van der Waals surface area contributed by atoms with E-state index in [1.165, 1.54) is 0 Å². The second-order valence-corrected chi connectivity index (χ2v) is 5.39. The van der Waals surface area contributed by atoms with Gasteiger partial charge in [0.05, 0.1) is 0 Å². The zero-order valence-electron chi connectivity index (χ0n) is 13.6. The summed E-state index contributed by atoms with van der Waals surface area (Å²) in [6.45, 7) is 2.64. The van der Waals surface area contributed by atoms with Crippen molar-refractivity contribution in [3.63, 3.8) is 0 Å². The number of hydrazine groups is 1. The van der Waals surface area contributed by atoms with Gasteiger partial charge in [0.1, 0.15) is 0 Å². The van der Waals surface area contributed by atoms with Crippen molar-refractivity contribution in [2.24, 2.45) is 5.84 Å². The highest BCUT2D eigenvalue weighted by Crippen LogP contribution is 2.19. The van der Waals surface area contributed by atoms with E-state index >= 15 is 0 Å². The number of benzene rings is 2. The van der Waals surface area contributed by atoms with Crippen LogP contribution in [0.5, 0.6) is 0 Å². The van der Waals surface area contributed by atoms with Crippen LogP contribution in [0.3, 0.4) is 0 Å². The van der Waals surface area contributed by atoms with Crippen molar-refractivity contribution < 1.29 is 9.59 Å². The van der Waals surface area contributed by atoms with E-state index in [1.54, 1.807) is 12.1 Å². The largest absolute Gasteiger partial charge is 0.338 e. The fourth-order valence-electron chi connectivity index (χ4n) is 2.28. The van der Waals surface area contributed by atoms with Crippen LogP contribution in [0, 0.1) is 0 Å². The van der Waals surface area contributed by atoms with Gasteiger partial charge in [-0.25, -0.2) is 10.6 Å². The van der Waals surface area contributed by atoms with E-state index in [-0.39, 0.29) is 11.9 Å². The summed E-state index contributed by atoms with van der Waals surface area (Å²) in [5, 5.41) is 5.67. The quantitative estimate of drug-likeness (QED) is 0.373. The summed E-state index contributed by atoms with van der Waals surface area (Å²) in [7, 11) is 0. The third-order valence-corrected chi connectivity index (χ3v) is 3.54. The molecule has 0 fully saturated rings. The molecule has 0 unspecified atom stereocenters. The van der Waals surface area contributed by atoms with Crippen molar-refractivity contribution in [1.82, 2.24) is 10.7 Å². The van der Waals surface area contributed by atoms with Gasteiger partial charge in [-0.3, -0.25) is 10.2 Å². The van der Waals surface area contributed by atoms with Crippen molar-refractivity contribution in [1.29, 1.82) is 0 Å². The molecule has 2 aromatic rings.